The monoisotopic (exact) mass is 446 g/mol. The second kappa shape index (κ2) is 6.07. The Labute approximate surface area is 121 Å². The van der Waals surface area contributed by atoms with Crippen molar-refractivity contribution in [3.8, 4) is 0 Å². The van der Waals surface area contributed by atoms with E-state index in [0.717, 1.165) is 16.8 Å². The van der Waals surface area contributed by atoms with Gasteiger partial charge in [-0.3, -0.25) is 14.3 Å². The number of aliphatic hydroxyl groups is 3. The van der Waals surface area contributed by atoms with Crippen LogP contribution in [0.2, 0.25) is 0 Å². The molecule has 0 bridgehead atoms. The van der Waals surface area contributed by atoms with Gasteiger partial charge in [-0.25, -0.2) is 4.79 Å². The van der Waals surface area contributed by atoms with Crippen LogP contribution in [0.4, 0.5) is 0 Å². The van der Waals surface area contributed by atoms with Crippen LogP contribution in [0.5, 0.6) is 0 Å². The molecule has 96 valence electrons. The standard InChI is InChI=1S/C9H12N2O6.Hg/c12-3-4-6(14)7(15)8(17-4)11-2-1-5(13)10-9(11)16;/h1-2,4,6-8,12,14-15H,3H2,(H,10,13,16);/t4-,6?,7?,8-;/m0./s1. The maximum atomic E-state index is 11.4. The van der Waals surface area contributed by atoms with Crippen LogP contribution in [0.1, 0.15) is 6.23 Å². The zero-order valence-electron chi connectivity index (χ0n) is 9.39. The van der Waals surface area contributed by atoms with E-state index in [2.05, 4.69) is 0 Å². The first-order chi connectivity index (χ1) is 8.04. The molecule has 1 aliphatic heterocycles. The SMILES string of the molecule is O=c1ccn([C@H]2O[C@@H](CO)C(O)C2O)c(=O)[nH]1.[Hg]. The first-order valence-corrected chi connectivity index (χ1v) is 4.98. The van der Waals surface area contributed by atoms with Crippen molar-refractivity contribution in [2.24, 2.45) is 0 Å². The quantitative estimate of drug-likeness (QED) is 0.364. The Morgan fingerprint density at radius 1 is 1.33 bits per heavy atom. The van der Waals surface area contributed by atoms with Crippen LogP contribution in [0.3, 0.4) is 0 Å². The number of aromatic nitrogens is 2. The van der Waals surface area contributed by atoms with E-state index in [9.17, 15) is 19.8 Å². The summed E-state index contributed by atoms with van der Waals surface area (Å²) in [6.45, 7) is -0.479. The van der Waals surface area contributed by atoms with Gasteiger partial charge >= 0.3 is 5.69 Å². The topological polar surface area (TPSA) is 125 Å². The maximum absolute atomic E-state index is 11.4. The van der Waals surface area contributed by atoms with Crippen molar-refractivity contribution in [1.29, 1.82) is 0 Å². The molecule has 1 aromatic heterocycles. The minimum atomic E-state index is -1.35. The Balaban J connectivity index is 0.00000162. The van der Waals surface area contributed by atoms with Gasteiger partial charge in [-0.2, -0.15) is 0 Å². The third kappa shape index (κ3) is 2.72. The van der Waals surface area contributed by atoms with E-state index in [1.807, 2.05) is 4.98 Å². The molecular formula is C9H12HgN2O6. The summed E-state index contributed by atoms with van der Waals surface area (Å²) in [4.78, 5) is 24.3. The summed E-state index contributed by atoms with van der Waals surface area (Å²) in [7, 11) is 0. The molecule has 1 saturated heterocycles. The third-order valence-electron chi connectivity index (χ3n) is 2.64. The Kier molecular flexibility index (Phi) is 5.23. The fourth-order valence-corrected chi connectivity index (χ4v) is 1.74. The molecule has 0 radical (unpaired) electrons. The van der Waals surface area contributed by atoms with Crippen LogP contribution in [0.15, 0.2) is 21.9 Å². The van der Waals surface area contributed by atoms with Gasteiger partial charge in [-0.15, -0.1) is 0 Å². The molecule has 4 N–H and O–H groups in total. The molecule has 8 nitrogen and oxygen atoms in total. The molecule has 0 amide bonds. The number of hydrogen-bond donors (Lipinski definition) is 4. The van der Waals surface area contributed by atoms with Gasteiger partial charge in [-0.1, -0.05) is 0 Å². The average molecular weight is 445 g/mol. The summed E-state index contributed by atoms with van der Waals surface area (Å²) in [6.07, 6.45) is -3.58. The van der Waals surface area contributed by atoms with E-state index in [4.69, 9.17) is 9.84 Å². The van der Waals surface area contributed by atoms with Gasteiger partial charge in [-0.05, 0) is 0 Å². The minimum Gasteiger partial charge on any atom is -0.394 e. The third-order valence-corrected chi connectivity index (χ3v) is 2.64. The van der Waals surface area contributed by atoms with Crippen molar-refractivity contribution in [3.05, 3.63) is 33.1 Å². The molecule has 0 aliphatic carbocycles. The van der Waals surface area contributed by atoms with Crippen molar-refractivity contribution in [1.82, 2.24) is 9.55 Å². The maximum Gasteiger partial charge on any atom is 0.330 e. The van der Waals surface area contributed by atoms with Crippen molar-refractivity contribution >= 4 is 0 Å². The summed E-state index contributed by atoms with van der Waals surface area (Å²) in [5, 5.41) is 28.1. The van der Waals surface area contributed by atoms with Crippen LogP contribution in [-0.2, 0) is 32.4 Å². The van der Waals surface area contributed by atoms with Gasteiger partial charge in [0.05, 0.1) is 6.61 Å². The summed E-state index contributed by atoms with van der Waals surface area (Å²) < 4.78 is 6.08. The first kappa shape index (κ1) is 15.5. The van der Waals surface area contributed by atoms with Crippen LogP contribution in [0.25, 0.3) is 0 Å². The number of aromatic amines is 1. The van der Waals surface area contributed by atoms with E-state index < -0.39 is 42.4 Å². The van der Waals surface area contributed by atoms with Crippen molar-refractivity contribution < 1.29 is 47.7 Å². The van der Waals surface area contributed by atoms with Gasteiger partial charge in [0.25, 0.3) is 5.56 Å². The molecule has 2 unspecified atom stereocenters. The van der Waals surface area contributed by atoms with Crippen LogP contribution < -0.4 is 11.2 Å². The summed E-state index contributed by atoms with van der Waals surface area (Å²) in [5.74, 6) is 0. The van der Waals surface area contributed by atoms with Gasteiger partial charge < -0.3 is 20.1 Å². The Morgan fingerprint density at radius 2 is 2.00 bits per heavy atom. The molecule has 4 atom stereocenters. The number of ether oxygens (including phenoxy) is 1. The molecule has 1 aliphatic rings. The molecule has 0 saturated carbocycles. The molecule has 0 aromatic carbocycles. The first-order valence-electron chi connectivity index (χ1n) is 4.98. The van der Waals surface area contributed by atoms with Crippen LogP contribution >= 0.6 is 0 Å². The summed E-state index contributed by atoms with van der Waals surface area (Å²) in [6, 6.07) is 1.09. The normalized spacial score (nSPS) is 31.1. The molecule has 1 aromatic rings. The zero-order chi connectivity index (χ0) is 12.6. The van der Waals surface area contributed by atoms with Crippen LogP contribution in [0, 0.1) is 0 Å². The Hall–Kier alpha value is -0.545. The molecule has 1 fully saturated rings. The van der Waals surface area contributed by atoms with Gasteiger partial charge in [0, 0.05) is 39.9 Å². The smallest absolute Gasteiger partial charge is 0.330 e. The molecule has 9 heteroatoms. The van der Waals surface area contributed by atoms with E-state index >= 15 is 0 Å². The molecule has 0 spiro atoms. The predicted octanol–water partition coefficient (Wildman–Crippen LogP) is -2.85. The van der Waals surface area contributed by atoms with Crippen LogP contribution in [-0.4, -0.2) is 49.8 Å². The van der Waals surface area contributed by atoms with E-state index in [-0.39, 0.29) is 27.7 Å². The number of aliphatic hydroxyl groups excluding tert-OH is 3. The predicted molar refractivity (Wildman–Crippen MR) is 54.3 cm³/mol. The molecule has 2 heterocycles. The Morgan fingerprint density at radius 3 is 2.50 bits per heavy atom. The number of nitrogens with one attached hydrogen (secondary N) is 1. The zero-order valence-corrected chi connectivity index (χ0v) is 14.9. The van der Waals surface area contributed by atoms with Crippen molar-refractivity contribution in [2.75, 3.05) is 6.61 Å². The molecule has 2 rings (SSSR count). The van der Waals surface area contributed by atoms with E-state index in [1.54, 1.807) is 0 Å². The molecule has 18 heavy (non-hydrogen) atoms. The van der Waals surface area contributed by atoms with E-state index in [1.165, 1.54) is 0 Å². The number of H-pyrrole nitrogens is 1. The largest absolute Gasteiger partial charge is 0.394 e. The second-order valence-corrected chi connectivity index (χ2v) is 3.75. The number of hydrogen-bond acceptors (Lipinski definition) is 6. The van der Waals surface area contributed by atoms with Crippen molar-refractivity contribution in [3.63, 3.8) is 0 Å². The number of nitrogens with zero attached hydrogens (tertiary/aromatic N) is 1. The van der Waals surface area contributed by atoms with E-state index in [0.29, 0.717) is 0 Å². The van der Waals surface area contributed by atoms with Gasteiger partial charge in [0.2, 0.25) is 0 Å². The number of rotatable bonds is 2. The summed E-state index contributed by atoms with van der Waals surface area (Å²) >= 11 is 0. The molecular weight excluding hydrogens is 433 g/mol. The fraction of sp³-hybridized carbons (Fsp3) is 0.556. The summed E-state index contributed by atoms with van der Waals surface area (Å²) in [5.41, 5.74) is -1.33. The minimum absolute atomic E-state index is 0. The van der Waals surface area contributed by atoms with Crippen molar-refractivity contribution in [2.45, 2.75) is 24.5 Å². The second-order valence-electron chi connectivity index (χ2n) is 3.75. The fourth-order valence-electron chi connectivity index (χ4n) is 1.74. The Bertz CT molecular complexity index is 514. The average Bonchev–Trinajstić information content (AvgIpc) is 2.57. The van der Waals surface area contributed by atoms with Gasteiger partial charge in [0.15, 0.2) is 6.23 Å². The van der Waals surface area contributed by atoms with Gasteiger partial charge in [0.1, 0.15) is 18.3 Å².